The molecular formula is C17H21F2N3O2. The van der Waals surface area contributed by atoms with Gasteiger partial charge in [0.25, 0.3) is 0 Å². The van der Waals surface area contributed by atoms with Gasteiger partial charge in [-0.3, -0.25) is 14.5 Å². The van der Waals surface area contributed by atoms with Gasteiger partial charge >= 0.3 is 0 Å². The Hall–Kier alpha value is -2.02. The van der Waals surface area contributed by atoms with Gasteiger partial charge in [0.1, 0.15) is 0 Å². The standard InChI is InChI=1S/C17H21F2N3O2/c18-13-6-1-3-11(16(13)19)10-22-8-7-20-17(24)14(22)9-15(23)21-12-4-2-5-12/h1,3,6,12,14H,2,4-5,7-10H2,(H,20,24)(H,21,23). The highest BCUT2D eigenvalue weighted by Gasteiger charge is 2.33. The minimum Gasteiger partial charge on any atom is -0.353 e. The molecule has 1 atom stereocenters. The predicted molar refractivity (Wildman–Crippen MR) is 84.0 cm³/mol. The van der Waals surface area contributed by atoms with Gasteiger partial charge in [-0.25, -0.2) is 8.78 Å². The second kappa shape index (κ2) is 7.25. The molecule has 1 aliphatic carbocycles. The monoisotopic (exact) mass is 337 g/mol. The molecule has 1 unspecified atom stereocenters. The van der Waals surface area contributed by atoms with Crippen LogP contribution in [0.1, 0.15) is 31.2 Å². The molecule has 0 aromatic heterocycles. The molecule has 0 bridgehead atoms. The van der Waals surface area contributed by atoms with Crippen LogP contribution in [-0.2, 0) is 16.1 Å². The fourth-order valence-corrected chi connectivity index (χ4v) is 3.08. The van der Waals surface area contributed by atoms with Crippen molar-refractivity contribution >= 4 is 11.8 Å². The maximum absolute atomic E-state index is 13.9. The third kappa shape index (κ3) is 3.72. The first-order valence-corrected chi connectivity index (χ1v) is 8.28. The lowest BCUT2D eigenvalue weighted by molar-refractivity contribution is -0.134. The molecule has 1 saturated carbocycles. The molecule has 3 rings (SSSR count). The molecule has 0 radical (unpaired) electrons. The van der Waals surface area contributed by atoms with Crippen molar-refractivity contribution in [3.8, 4) is 0 Å². The Balaban J connectivity index is 1.68. The molecule has 2 fully saturated rings. The lowest BCUT2D eigenvalue weighted by Gasteiger charge is -2.35. The smallest absolute Gasteiger partial charge is 0.237 e. The van der Waals surface area contributed by atoms with Gasteiger partial charge in [-0.1, -0.05) is 12.1 Å². The lowest BCUT2D eigenvalue weighted by Crippen LogP contribution is -2.56. The van der Waals surface area contributed by atoms with E-state index in [1.807, 2.05) is 0 Å². The summed E-state index contributed by atoms with van der Waals surface area (Å²) in [6, 6.07) is 3.54. The van der Waals surface area contributed by atoms with Crippen LogP contribution in [0.2, 0.25) is 0 Å². The third-order valence-corrected chi connectivity index (χ3v) is 4.70. The lowest BCUT2D eigenvalue weighted by atomic mass is 9.93. The fraction of sp³-hybridized carbons (Fsp3) is 0.529. The number of nitrogens with zero attached hydrogens (tertiary/aromatic N) is 1. The molecule has 5 nitrogen and oxygen atoms in total. The van der Waals surface area contributed by atoms with E-state index in [-0.39, 0.29) is 36.4 Å². The molecule has 2 N–H and O–H groups in total. The van der Waals surface area contributed by atoms with E-state index in [1.54, 1.807) is 4.90 Å². The first-order chi connectivity index (χ1) is 11.5. The van der Waals surface area contributed by atoms with E-state index in [1.165, 1.54) is 12.1 Å². The van der Waals surface area contributed by atoms with E-state index in [0.717, 1.165) is 25.3 Å². The van der Waals surface area contributed by atoms with E-state index in [9.17, 15) is 18.4 Å². The Morgan fingerprint density at radius 2 is 2.12 bits per heavy atom. The van der Waals surface area contributed by atoms with E-state index >= 15 is 0 Å². The van der Waals surface area contributed by atoms with Crippen molar-refractivity contribution in [3.63, 3.8) is 0 Å². The number of hydrogen-bond acceptors (Lipinski definition) is 3. The van der Waals surface area contributed by atoms with Gasteiger partial charge in [0.05, 0.1) is 12.5 Å². The van der Waals surface area contributed by atoms with Gasteiger partial charge in [-0.05, 0) is 25.3 Å². The van der Waals surface area contributed by atoms with Crippen LogP contribution >= 0.6 is 0 Å². The van der Waals surface area contributed by atoms with Crippen LogP contribution in [-0.4, -0.2) is 41.9 Å². The molecular weight excluding hydrogens is 316 g/mol. The van der Waals surface area contributed by atoms with E-state index in [4.69, 9.17) is 0 Å². The maximum atomic E-state index is 13.9. The molecule has 130 valence electrons. The van der Waals surface area contributed by atoms with Gasteiger partial charge in [0, 0.05) is 31.2 Å². The topological polar surface area (TPSA) is 61.4 Å². The Labute approximate surface area is 139 Å². The maximum Gasteiger partial charge on any atom is 0.237 e. The highest BCUT2D eigenvalue weighted by Crippen LogP contribution is 2.20. The van der Waals surface area contributed by atoms with Crippen molar-refractivity contribution in [1.29, 1.82) is 0 Å². The number of nitrogens with one attached hydrogen (secondary N) is 2. The molecule has 2 amide bonds. The zero-order valence-corrected chi connectivity index (χ0v) is 13.4. The summed E-state index contributed by atoms with van der Waals surface area (Å²) in [7, 11) is 0. The van der Waals surface area contributed by atoms with Gasteiger partial charge in [0.2, 0.25) is 11.8 Å². The summed E-state index contributed by atoms with van der Waals surface area (Å²) in [6.45, 7) is 1.01. The van der Waals surface area contributed by atoms with Crippen molar-refractivity contribution in [1.82, 2.24) is 15.5 Å². The van der Waals surface area contributed by atoms with Crippen molar-refractivity contribution in [2.75, 3.05) is 13.1 Å². The Bertz CT molecular complexity index is 634. The number of amides is 2. The molecule has 7 heteroatoms. The number of halogens is 2. The molecule has 2 aliphatic rings. The minimum absolute atomic E-state index is 0.0271. The second-order valence-electron chi connectivity index (χ2n) is 6.39. The first kappa shape index (κ1) is 16.8. The van der Waals surface area contributed by atoms with E-state index in [2.05, 4.69) is 10.6 Å². The van der Waals surface area contributed by atoms with Crippen LogP contribution in [0.4, 0.5) is 8.78 Å². The number of hydrogen-bond donors (Lipinski definition) is 2. The number of carbonyl (C=O) groups is 2. The molecule has 0 spiro atoms. The molecule has 1 saturated heterocycles. The van der Waals surface area contributed by atoms with Crippen molar-refractivity contribution < 1.29 is 18.4 Å². The summed E-state index contributed by atoms with van der Waals surface area (Å²) in [5.41, 5.74) is 0.189. The Kier molecular flexibility index (Phi) is 5.08. The van der Waals surface area contributed by atoms with Crippen molar-refractivity contribution in [3.05, 3.63) is 35.4 Å². The summed E-state index contributed by atoms with van der Waals surface area (Å²) in [5, 5.41) is 5.64. The highest BCUT2D eigenvalue weighted by molar-refractivity contribution is 5.88. The second-order valence-corrected chi connectivity index (χ2v) is 6.39. The van der Waals surface area contributed by atoms with Crippen LogP contribution in [0.5, 0.6) is 0 Å². The number of benzene rings is 1. The number of piperazine rings is 1. The quantitative estimate of drug-likeness (QED) is 0.852. The molecule has 1 heterocycles. The first-order valence-electron chi connectivity index (χ1n) is 8.28. The van der Waals surface area contributed by atoms with Crippen molar-refractivity contribution in [2.45, 2.75) is 44.3 Å². The molecule has 1 aromatic carbocycles. The van der Waals surface area contributed by atoms with Crippen LogP contribution < -0.4 is 10.6 Å². The average molecular weight is 337 g/mol. The summed E-state index contributed by atoms with van der Waals surface area (Å²) < 4.78 is 27.3. The van der Waals surface area contributed by atoms with Crippen LogP contribution in [0.25, 0.3) is 0 Å². The third-order valence-electron chi connectivity index (χ3n) is 4.70. The van der Waals surface area contributed by atoms with Crippen LogP contribution in [0, 0.1) is 11.6 Å². The molecule has 1 aromatic rings. The highest BCUT2D eigenvalue weighted by atomic mass is 19.2. The van der Waals surface area contributed by atoms with Crippen molar-refractivity contribution in [2.24, 2.45) is 0 Å². The number of carbonyl (C=O) groups excluding carboxylic acids is 2. The van der Waals surface area contributed by atoms with Gasteiger partial charge in [0.15, 0.2) is 11.6 Å². The predicted octanol–water partition coefficient (Wildman–Crippen LogP) is 1.32. The average Bonchev–Trinajstić information content (AvgIpc) is 2.51. The zero-order valence-electron chi connectivity index (χ0n) is 13.4. The summed E-state index contributed by atoms with van der Waals surface area (Å²) in [5.74, 6) is -2.23. The fourth-order valence-electron chi connectivity index (χ4n) is 3.08. The molecule has 24 heavy (non-hydrogen) atoms. The number of rotatable bonds is 5. The minimum atomic E-state index is -0.909. The van der Waals surface area contributed by atoms with E-state index < -0.39 is 17.7 Å². The summed E-state index contributed by atoms with van der Waals surface area (Å²) >= 11 is 0. The summed E-state index contributed by atoms with van der Waals surface area (Å²) in [6.07, 6.45) is 3.08. The van der Waals surface area contributed by atoms with E-state index in [0.29, 0.717) is 13.1 Å². The SMILES string of the molecule is O=C(CC1C(=O)NCCN1Cc1cccc(F)c1F)NC1CCC1. The molecule has 1 aliphatic heterocycles. The Morgan fingerprint density at radius 1 is 1.33 bits per heavy atom. The normalized spacial score (nSPS) is 21.9. The van der Waals surface area contributed by atoms with Crippen LogP contribution in [0.15, 0.2) is 18.2 Å². The summed E-state index contributed by atoms with van der Waals surface area (Å²) in [4.78, 5) is 26.0. The van der Waals surface area contributed by atoms with Gasteiger partial charge < -0.3 is 10.6 Å². The largest absolute Gasteiger partial charge is 0.353 e. The zero-order chi connectivity index (χ0) is 17.1. The van der Waals surface area contributed by atoms with Crippen LogP contribution in [0.3, 0.4) is 0 Å². The van der Waals surface area contributed by atoms with Gasteiger partial charge in [-0.2, -0.15) is 0 Å². The van der Waals surface area contributed by atoms with Gasteiger partial charge in [-0.15, -0.1) is 0 Å². The Morgan fingerprint density at radius 3 is 2.83 bits per heavy atom.